The topological polar surface area (TPSA) is 114 Å². The summed E-state index contributed by atoms with van der Waals surface area (Å²) in [7, 11) is 0. The Kier molecular flexibility index (Phi) is 5.20. The Morgan fingerprint density at radius 2 is 2.22 bits per heavy atom. The van der Waals surface area contributed by atoms with Gasteiger partial charge < -0.3 is 10.2 Å². The van der Waals surface area contributed by atoms with E-state index in [2.05, 4.69) is 4.98 Å². The van der Waals surface area contributed by atoms with Crippen LogP contribution in [0.3, 0.4) is 0 Å². The first-order valence-electron chi connectivity index (χ1n) is 5.01. The number of hydrogen-bond donors (Lipinski definition) is 2. The maximum absolute atomic E-state index is 10.7. The first-order chi connectivity index (χ1) is 8.41. The Morgan fingerprint density at radius 1 is 1.56 bits per heavy atom. The van der Waals surface area contributed by atoms with Crippen molar-refractivity contribution in [1.82, 2.24) is 4.98 Å². The van der Waals surface area contributed by atoms with Crippen LogP contribution in [-0.2, 0) is 4.79 Å². The summed E-state index contributed by atoms with van der Waals surface area (Å²) in [6, 6.07) is 2.46. The number of nitro groups is 1. The maximum Gasteiger partial charge on any atom is 0.287 e. The Morgan fingerprint density at radius 3 is 2.67 bits per heavy atom. The number of pyridine rings is 1. The van der Waals surface area contributed by atoms with Crippen LogP contribution in [0.4, 0.5) is 5.69 Å². The van der Waals surface area contributed by atoms with E-state index in [-0.39, 0.29) is 22.2 Å². The molecule has 0 spiro atoms. The molecule has 1 aromatic rings. The minimum absolute atomic E-state index is 0.0369. The summed E-state index contributed by atoms with van der Waals surface area (Å²) < 4.78 is 0. The normalized spacial score (nSPS) is 13.9. The second-order valence-electron chi connectivity index (χ2n) is 3.51. The average molecular weight is 272 g/mol. The summed E-state index contributed by atoms with van der Waals surface area (Å²) in [6.07, 6.45) is -1.44. The van der Waals surface area contributed by atoms with E-state index in [0.717, 1.165) is 18.0 Å². The lowest BCUT2D eigenvalue weighted by molar-refractivity contribution is -0.385. The van der Waals surface area contributed by atoms with Crippen molar-refractivity contribution in [2.24, 2.45) is 0 Å². The highest BCUT2D eigenvalue weighted by atomic mass is 32.2. The second kappa shape index (κ2) is 6.43. The van der Waals surface area contributed by atoms with Crippen LogP contribution < -0.4 is 0 Å². The molecular weight excluding hydrogens is 260 g/mol. The lowest BCUT2D eigenvalue weighted by Crippen LogP contribution is -2.22. The van der Waals surface area contributed by atoms with Crippen molar-refractivity contribution in [2.45, 2.75) is 19.1 Å². The highest BCUT2D eigenvalue weighted by molar-refractivity contribution is 8.13. The van der Waals surface area contributed by atoms with Gasteiger partial charge in [0.05, 0.1) is 16.7 Å². The molecule has 1 heterocycles. The average Bonchev–Trinajstić information content (AvgIpc) is 2.35. The van der Waals surface area contributed by atoms with Crippen LogP contribution in [0.1, 0.15) is 18.7 Å². The second-order valence-corrected chi connectivity index (χ2v) is 4.71. The molecule has 2 N–H and O–H groups in total. The van der Waals surface area contributed by atoms with Crippen molar-refractivity contribution < 1.29 is 19.9 Å². The Bertz CT molecular complexity index is 436. The van der Waals surface area contributed by atoms with Crippen LogP contribution in [0, 0.1) is 10.1 Å². The van der Waals surface area contributed by atoms with Gasteiger partial charge in [0.2, 0.25) is 0 Å². The van der Waals surface area contributed by atoms with Gasteiger partial charge in [-0.1, -0.05) is 11.8 Å². The summed E-state index contributed by atoms with van der Waals surface area (Å²) in [5, 5.41) is 29.6. The molecule has 0 aliphatic rings. The molecule has 98 valence electrons. The fraction of sp³-hybridized carbons (Fsp3) is 0.400. The van der Waals surface area contributed by atoms with E-state index in [1.54, 1.807) is 0 Å². The highest BCUT2D eigenvalue weighted by Crippen LogP contribution is 2.20. The molecular formula is C10H12N2O5S. The number of thioether (sulfide) groups is 1. The quantitative estimate of drug-likeness (QED) is 0.598. The van der Waals surface area contributed by atoms with Gasteiger partial charge in [0.15, 0.2) is 5.12 Å². The molecule has 1 aromatic heterocycles. The lowest BCUT2D eigenvalue weighted by atomic mass is 10.1. The van der Waals surface area contributed by atoms with Crippen LogP contribution in [0.2, 0.25) is 0 Å². The van der Waals surface area contributed by atoms with Crippen LogP contribution in [0.25, 0.3) is 0 Å². The number of rotatable bonds is 5. The maximum atomic E-state index is 10.7. The molecule has 0 amide bonds. The number of carbonyl (C=O) groups excluding carboxylic acids is 1. The zero-order valence-corrected chi connectivity index (χ0v) is 10.3. The smallest absolute Gasteiger partial charge is 0.287 e. The molecule has 18 heavy (non-hydrogen) atoms. The predicted molar refractivity (Wildman–Crippen MR) is 65.0 cm³/mol. The Labute approximate surface area is 107 Å². The highest BCUT2D eigenvalue weighted by Gasteiger charge is 2.21. The van der Waals surface area contributed by atoms with E-state index >= 15 is 0 Å². The number of aliphatic hydroxyl groups excluding tert-OH is 2. The number of nitrogens with zero attached hydrogens (tertiary/aromatic N) is 2. The molecule has 0 saturated carbocycles. The molecule has 2 atom stereocenters. The summed E-state index contributed by atoms with van der Waals surface area (Å²) in [4.78, 5) is 24.2. The lowest BCUT2D eigenvalue weighted by Gasteiger charge is -2.15. The molecule has 0 aromatic carbocycles. The van der Waals surface area contributed by atoms with E-state index in [1.165, 1.54) is 19.1 Å². The van der Waals surface area contributed by atoms with Crippen LogP contribution >= 0.6 is 11.8 Å². The van der Waals surface area contributed by atoms with Crippen molar-refractivity contribution in [3.63, 3.8) is 0 Å². The minimum atomic E-state index is -1.28. The van der Waals surface area contributed by atoms with Crippen molar-refractivity contribution in [1.29, 1.82) is 0 Å². The van der Waals surface area contributed by atoms with E-state index in [9.17, 15) is 25.1 Å². The van der Waals surface area contributed by atoms with Gasteiger partial charge >= 0.3 is 0 Å². The predicted octanol–water partition coefficient (Wildman–Crippen LogP) is 0.664. The van der Waals surface area contributed by atoms with E-state index in [0.29, 0.717) is 0 Å². The number of carbonyl (C=O) groups is 1. The molecule has 0 bridgehead atoms. The molecule has 0 fully saturated rings. The van der Waals surface area contributed by atoms with Crippen LogP contribution in [0.15, 0.2) is 18.3 Å². The van der Waals surface area contributed by atoms with Crippen molar-refractivity contribution >= 4 is 22.6 Å². The van der Waals surface area contributed by atoms with Crippen molar-refractivity contribution in [3.8, 4) is 0 Å². The van der Waals surface area contributed by atoms with Gasteiger partial charge in [-0.2, -0.15) is 0 Å². The third-order valence-electron chi connectivity index (χ3n) is 2.11. The number of aliphatic hydroxyl groups is 2. The number of aromatic nitrogens is 1. The van der Waals surface area contributed by atoms with Crippen LogP contribution in [-0.4, -0.2) is 37.1 Å². The van der Waals surface area contributed by atoms with Gasteiger partial charge in [0.1, 0.15) is 12.3 Å². The first-order valence-corrected chi connectivity index (χ1v) is 6.00. The minimum Gasteiger partial charge on any atom is -0.389 e. The molecule has 7 nitrogen and oxygen atoms in total. The van der Waals surface area contributed by atoms with Gasteiger partial charge in [0, 0.05) is 18.7 Å². The fourth-order valence-electron chi connectivity index (χ4n) is 1.17. The van der Waals surface area contributed by atoms with E-state index < -0.39 is 17.1 Å². The molecule has 8 heteroatoms. The first kappa shape index (κ1) is 14.6. The summed E-state index contributed by atoms with van der Waals surface area (Å²) in [5.74, 6) is 0.0369. The van der Waals surface area contributed by atoms with Gasteiger partial charge in [-0.25, -0.2) is 0 Å². The monoisotopic (exact) mass is 272 g/mol. The standard InChI is InChI=1S/C10H12N2O5S/c1-6(13)18-5-9(14)10(15)8-3-2-7(4-11-8)12(16)17/h2-4,9-10,14-15H,5H2,1H3. The molecule has 0 aliphatic carbocycles. The van der Waals surface area contributed by atoms with E-state index in [4.69, 9.17) is 0 Å². The Hall–Kier alpha value is -1.51. The Balaban J connectivity index is 2.68. The molecule has 0 aliphatic heterocycles. The summed E-state index contributed by atoms with van der Waals surface area (Å²) in [5.41, 5.74) is -0.0733. The van der Waals surface area contributed by atoms with Gasteiger partial charge in [0.25, 0.3) is 5.69 Å². The third-order valence-corrected chi connectivity index (χ3v) is 3.02. The summed E-state index contributed by atoms with van der Waals surface area (Å²) >= 11 is 0.886. The molecule has 1 rings (SSSR count). The van der Waals surface area contributed by atoms with Gasteiger partial charge in [-0.3, -0.25) is 19.9 Å². The zero-order chi connectivity index (χ0) is 13.7. The third kappa shape index (κ3) is 4.06. The summed E-state index contributed by atoms with van der Waals surface area (Å²) in [6.45, 7) is 1.36. The molecule has 2 unspecified atom stereocenters. The SMILES string of the molecule is CC(=O)SCC(O)C(O)c1ccc([N+](=O)[O-])cn1. The largest absolute Gasteiger partial charge is 0.389 e. The van der Waals surface area contributed by atoms with E-state index in [1.807, 2.05) is 0 Å². The zero-order valence-electron chi connectivity index (χ0n) is 9.52. The molecule has 0 radical (unpaired) electrons. The van der Waals surface area contributed by atoms with Gasteiger partial charge in [-0.05, 0) is 6.07 Å². The molecule has 0 saturated heterocycles. The number of hydrogen-bond acceptors (Lipinski definition) is 7. The van der Waals surface area contributed by atoms with Crippen molar-refractivity contribution in [2.75, 3.05) is 5.75 Å². The van der Waals surface area contributed by atoms with Crippen molar-refractivity contribution in [3.05, 3.63) is 34.1 Å². The fourth-order valence-corrected chi connectivity index (χ4v) is 1.76. The van der Waals surface area contributed by atoms with Gasteiger partial charge in [-0.15, -0.1) is 0 Å². The van der Waals surface area contributed by atoms with Crippen LogP contribution in [0.5, 0.6) is 0 Å².